The van der Waals surface area contributed by atoms with E-state index in [1.54, 1.807) is 0 Å². The summed E-state index contributed by atoms with van der Waals surface area (Å²) >= 11 is 1.44. The van der Waals surface area contributed by atoms with Gasteiger partial charge in [0.25, 0.3) is 5.91 Å². The Morgan fingerprint density at radius 1 is 1.79 bits per heavy atom. The Morgan fingerprint density at radius 3 is 3.21 bits per heavy atom. The molecule has 2 rings (SSSR count). The van der Waals surface area contributed by atoms with Crippen LogP contribution in [0.2, 0.25) is 0 Å². The molecule has 1 amide bonds. The van der Waals surface area contributed by atoms with Crippen LogP contribution in [0.25, 0.3) is 0 Å². The lowest BCUT2D eigenvalue weighted by Crippen LogP contribution is -2.26. The normalized spacial score (nSPS) is 21.1. The van der Waals surface area contributed by atoms with Gasteiger partial charge in [-0.05, 0) is 19.8 Å². The third-order valence-electron chi connectivity index (χ3n) is 2.07. The molecule has 1 N–H and O–H groups in total. The predicted octanol–water partition coefficient (Wildman–Crippen LogP) is 1.57. The van der Waals surface area contributed by atoms with Gasteiger partial charge >= 0.3 is 0 Å². The van der Waals surface area contributed by atoms with Gasteiger partial charge in [-0.1, -0.05) is 0 Å². The van der Waals surface area contributed by atoms with Crippen LogP contribution in [0, 0.1) is 6.92 Å². The van der Waals surface area contributed by atoms with Crippen LogP contribution < -0.4 is 5.32 Å². The first-order valence-corrected chi connectivity index (χ1v) is 5.48. The second kappa shape index (κ2) is 4.06. The molecule has 14 heavy (non-hydrogen) atoms. The standard InChI is InChI=1S/C9H12N2O2S/c1-6-5-14-9(10-6)11-8(12)7-3-2-4-13-7/h5,7H,2-4H2,1H3,(H,10,11,12)/t7-/m1/s1. The molecule has 5 heteroatoms. The molecule has 1 aliphatic rings. The quantitative estimate of drug-likeness (QED) is 0.809. The zero-order valence-electron chi connectivity index (χ0n) is 7.95. The summed E-state index contributed by atoms with van der Waals surface area (Å²) < 4.78 is 5.26. The molecule has 0 spiro atoms. The van der Waals surface area contributed by atoms with Crippen molar-refractivity contribution in [3.63, 3.8) is 0 Å². The van der Waals surface area contributed by atoms with E-state index < -0.39 is 0 Å². The molecule has 1 atom stereocenters. The monoisotopic (exact) mass is 212 g/mol. The van der Waals surface area contributed by atoms with Crippen LogP contribution in [0.1, 0.15) is 18.5 Å². The van der Waals surface area contributed by atoms with Gasteiger partial charge in [0.2, 0.25) is 0 Å². The molecule has 1 saturated heterocycles. The minimum absolute atomic E-state index is 0.0724. The van der Waals surface area contributed by atoms with Crippen molar-refractivity contribution in [3.05, 3.63) is 11.1 Å². The summed E-state index contributed by atoms with van der Waals surface area (Å²) in [5.74, 6) is -0.0724. The van der Waals surface area contributed by atoms with E-state index in [4.69, 9.17) is 4.74 Å². The number of anilines is 1. The highest BCUT2D eigenvalue weighted by atomic mass is 32.1. The van der Waals surface area contributed by atoms with Gasteiger partial charge in [0.1, 0.15) is 6.10 Å². The van der Waals surface area contributed by atoms with Crippen LogP contribution in [0.15, 0.2) is 5.38 Å². The van der Waals surface area contributed by atoms with Crippen LogP contribution in [0.3, 0.4) is 0 Å². The fourth-order valence-electron chi connectivity index (χ4n) is 1.38. The maximum Gasteiger partial charge on any atom is 0.255 e. The number of aromatic nitrogens is 1. The topological polar surface area (TPSA) is 51.2 Å². The fourth-order valence-corrected chi connectivity index (χ4v) is 2.07. The SMILES string of the molecule is Cc1csc(NC(=O)[C@H]2CCCO2)n1. The first-order valence-electron chi connectivity index (χ1n) is 4.60. The highest BCUT2D eigenvalue weighted by molar-refractivity contribution is 7.13. The number of aryl methyl sites for hydroxylation is 1. The zero-order valence-corrected chi connectivity index (χ0v) is 8.76. The molecule has 0 bridgehead atoms. The van der Waals surface area contributed by atoms with Crippen molar-refractivity contribution in [2.75, 3.05) is 11.9 Å². The van der Waals surface area contributed by atoms with Gasteiger partial charge in [0.15, 0.2) is 5.13 Å². The molecule has 1 aliphatic heterocycles. The molecule has 1 aromatic rings. The molecule has 0 radical (unpaired) electrons. The van der Waals surface area contributed by atoms with Gasteiger partial charge in [-0.25, -0.2) is 4.98 Å². The first kappa shape index (κ1) is 9.61. The Bertz CT molecular complexity index is 331. The lowest BCUT2D eigenvalue weighted by Gasteiger charge is -2.07. The average Bonchev–Trinajstić information content (AvgIpc) is 2.75. The van der Waals surface area contributed by atoms with Crippen LogP contribution in [-0.2, 0) is 9.53 Å². The average molecular weight is 212 g/mol. The Labute approximate surface area is 86.3 Å². The lowest BCUT2D eigenvalue weighted by atomic mass is 10.2. The number of hydrogen-bond donors (Lipinski definition) is 1. The number of carbonyl (C=O) groups is 1. The molecule has 0 saturated carbocycles. The Balaban J connectivity index is 1.93. The van der Waals surface area contributed by atoms with Crippen LogP contribution in [0.4, 0.5) is 5.13 Å². The second-order valence-electron chi connectivity index (χ2n) is 3.28. The van der Waals surface area contributed by atoms with Gasteiger partial charge in [-0.15, -0.1) is 11.3 Å². The van der Waals surface area contributed by atoms with Crippen molar-refractivity contribution in [1.82, 2.24) is 4.98 Å². The molecule has 4 nitrogen and oxygen atoms in total. The van der Waals surface area contributed by atoms with Crippen LogP contribution >= 0.6 is 11.3 Å². The summed E-state index contributed by atoms with van der Waals surface area (Å²) in [6, 6.07) is 0. The fraction of sp³-hybridized carbons (Fsp3) is 0.556. The molecular formula is C9H12N2O2S. The van der Waals surface area contributed by atoms with E-state index in [0.29, 0.717) is 11.7 Å². The first-order chi connectivity index (χ1) is 6.75. The Hall–Kier alpha value is -0.940. The van der Waals surface area contributed by atoms with Crippen molar-refractivity contribution in [1.29, 1.82) is 0 Å². The number of nitrogens with zero attached hydrogens (tertiary/aromatic N) is 1. The maximum atomic E-state index is 11.6. The van der Waals surface area contributed by atoms with Gasteiger partial charge in [-0.3, -0.25) is 10.1 Å². The van der Waals surface area contributed by atoms with E-state index in [2.05, 4.69) is 10.3 Å². The number of hydrogen-bond acceptors (Lipinski definition) is 4. The highest BCUT2D eigenvalue weighted by Crippen LogP contribution is 2.17. The number of nitrogens with one attached hydrogen (secondary N) is 1. The number of rotatable bonds is 2. The Morgan fingerprint density at radius 2 is 2.64 bits per heavy atom. The molecule has 0 aliphatic carbocycles. The third-order valence-corrected chi connectivity index (χ3v) is 2.95. The van der Waals surface area contributed by atoms with E-state index in [1.807, 2.05) is 12.3 Å². The van der Waals surface area contributed by atoms with Crippen molar-refractivity contribution >= 4 is 22.4 Å². The molecule has 2 heterocycles. The van der Waals surface area contributed by atoms with Crippen molar-refractivity contribution in [2.45, 2.75) is 25.9 Å². The summed E-state index contributed by atoms with van der Waals surface area (Å²) in [5, 5.41) is 5.31. The van der Waals surface area contributed by atoms with E-state index in [-0.39, 0.29) is 12.0 Å². The minimum Gasteiger partial charge on any atom is -0.368 e. The zero-order chi connectivity index (χ0) is 9.97. The molecule has 1 aromatic heterocycles. The number of carbonyl (C=O) groups excluding carboxylic acids is 1. The van der Waals surface area contributed by atoms with E-state index in [1.165, 1.54) is 11.3 Å². The van der Waals surface area contributed by atoms with Crippen molar-refractivity contribution in [2.24, 2.45) is 0 Å². The number of ether oxygens (including phenoxy) is 1. The summed E-state index contributed by atoms with van der Waals surface area (Å²) in [6.45, 7) is 2.59. The molecule has 76 valence electrons. The smallest absolute Gasteiger partial charge is 0.255 e. The number of thiazole rings is 1. The maximum absolute atomic E-state index is 11.6. The van der Waals surface area contributed by atoms with E-state index in [9.17, 15) is 4.79 Å². The highest BCUT2D eigenvalue weighted by Gasteiger charge is 2.23. The summed E-state index contributed by atoms with van der Waals surface area (Å²) in [6.07, 6.45) is 1.50. The molecule has 0 unspecified atom stereocenters. The summed E-state index contributed by atoms with van der Waals surface area (Å²) in [7, 11) is 0. The van der Waals surface area contributed by atoms with Gasteiger partial charge in [-0.2, -0.15) is 0 Å². The summed E-state index contributed by atoms with van der Waals surface area (Å²) in [4.78, 5) is 15.7. The van der Waals surface area contributed by atoms with Gasteiger partial charge in [0.05, 0.1) is 5.69 Å². The molecule has 1 fully saturated rings. The van der Waals surface area contributed by atoms with Crippen LogP contribution in [-0.4, -0.2) is 23.6 Å². The van der Waals surface area contributed by atoms with Crippen LogP contribution in [0.5, 0.6) is 0 Å². The van der Waals surface area contributed by atoms with Gasteiger partial charge < -0.3 is 4.74 Å². The lowest BCUT2D eigenvalue weighted by molar-refractivity contribution is -0.124. The van der Waals surface area contributed by atoms with E-state index >= 15 is 0 Å². The third kappa shape index (κ3) is 2.10. The van der Waals surface area contributed by atoms with Gasteiger partial charge in [0, 0.05) is 12.0 Å². The van der Waals surface area contributed by atoms with E-state index in [0.717, 1.165) is 18.5 Å². The molecule has 0 aromatic carbocycles. The second-order valence-corrected chi connectivity index (χ2v) is 4.14. The minimum atomic E-state index is -0.279. The number of amides is 1. The Kier molecular flexibility index (Phi) is 2.79. The summed E-state index contributed by atoms with van der Waals surface area (Å²) in [5.41, 5.74) is 0.928. The molecular weight excluding hydrogens is 200 g/mol. The van der Waals surface area contributed by atoms with Crippen molar-refractivity contribution in [3.8, 4) is 0 Å². The largest absolute Gasteiger partial charge is 0.368 e. The van der Waals surface area contributed by atoms with Crippen molar-refractivity contribution < 1.29 is 9.53 Å². The predicted molar refractivity (Wildman–Crippen MR) is 54.5 cm³/mol.